The Kier molecular flexibility index (Phi) is 3.16. The molecule has 124 valence electrons. The lowest BCUT2D eigenvalue weighted by Gasteiger charge is -2.64. The highest BCUT2D eigenvalue weighted by Crippen LogP contribution is 2.70. The molecule has 0 spiro atoms. The minimum atomic E-state index is -0.103. The summed E-state index contributed by atoms with van der Waals surface area (Å²) in [6.45, 7) is 7.29. The van der Waals surface area contributed by atoms with E-state index in [0.717, 1.165) is 32.1 Å². The van der Waals surface area contributed by atoms with Gasteiger partial charge in [0.2, 0.25) is 0 Å². The highest BCUT2D eigenvalue weighted by Gasteiger charge is 2.65. The van der Waals surface area contributed by atoms with Crippen molar-refractivity contribution in [2.24, 2.45) is 34.0 Å². The van der Waals surface area contributed by atoms with Crippen molar-refractivity contribution in [2.45, 2.75) is 84.7 Å². The van der Waals surface area contributed by atoms with Crippen LogP contribution in [0.2, 0.25) is 0 Å². The maximum atomic E-state index is 12.5. The van der Waals surface area contributed by atoms with E-state index in [1.54, 1.807) is 0 Å². The third-order valence-corrected chi connectivity index (χ3v) is 8.94. The van der Waals surface area contributed by atoms with E-state index in [0.29, 0.717) is 29.0 Å². The zero-order valence-corrected chi connectivity index (χ0v) is 14.5. The number of aliphatic hydroxyl groups is 1. The van der Waals surface area contributed by atoms with E-state index in [4.69, 9.17) is 0 Å². The summed E-state index contributed by atoms with van der Waals surface area (Å²) in [5.74, 6) is 2.22. The van der Waals surface area contributed by atoms with Crippen LogP contribution in [0.15, 0.2) is 0 Å². The summed E-state index contributed by atoms with van der Waals surface area (Å²) in [6.07, 6.45) is 9.94. The van der Waals surface area contributed by atoms with Crippen LogP contribution in [0.1, 0.15) is 78.6 Å². The lowest BCUT2D eigenvalue weighted by molar-refractivity contribution is -0.176. The van der Waals surface area contributed by atoms with Gasteiger partial charge in [0.15, 0.2) is 0 Å². The highest BCUT2D eigenvalue weighted by atomic mass is 16.3. The molecule has 0 amide bonds. The van der Waals surface area contributed by atoms with Crippen LogP contribution in [-0.4, -0.2) is 17.0 Å². The Morgan fingerprint density at radius 2 is 1.55 bits per heavy atom. The predicted molar refractivity (Wildman–Crippen MR) is 87.4 cm³/mol. The Balaban J connectivity index is 1.73. The summed E-state index contributed by atoms with van der Waals surface area (Å²) in [4.78, 5) is 12.5. The van der Waals surface area contributed by atoms with Crippen LogP contribution < -0.4 is 0 Å². The molecule has 0 aliphatic heterocycles. The second-order valence-electron chi connectivity index (χ2n) is 9.67. The summed E-state index contributed by atoms with van der Waals surface area (Å²) >= 11 is 0. The zero-order valence-electron chi connectivity index (χ0n) is 14.5. The Labute approximate surface area is 135 Å². The van der Waals surface area contributed by atoms with Gasteiger partial charge in [-0.25, -0.2) is 0 Å². The van der Waals surface area contributed by atoms with E-state index in [1.165, 1.54) is 25.7 Å². The van der Waals surface area contributed by atoms with Gasteiger partial charge in [-0.3, -0.25) is 4.79 Å². The van der Waals surface area contributed by atoms with E-state index < -0.39 is 0 Å². The number of hydrogen-bond acceptors (Lipinski definition) is 2. The van der Waals surface area contributed by atoms with Crippen molar-refractivity contribution in [3.05, 3.63) is 0 Å². The SMILES string of the molecule is C[C@@]12CCC3C(=O)CCC[C@]3(C)[C@H]1CC[C@]1(C)C(O)CC[C@@H]21. The molecular weight excluding hydrogens is 272 g/mol. The third kappa shape index (κ3) is 1.68. The lowest BCUT2D eigenvalue weighted by Crippen LogP contribution is -2.59. The first-order chi connectivity index (χ1) is 10.3. The Morgan fingerprint density at radius 1 is 0.864 bits per heavy atom. The molecule has 1 N–H and O–H groups in total. The fraction of sp³-hybridized carbons (Fsp3) is 0.950. The smallest absolute Gasteiger partial charge is 0.136 e. The maximum absolute atomic E-state index is 12.5. The van der Waals surface area contributed by atoms with Crippen LogP contribution in [0.25, 0.3) is 0 Å². The molecule has 0 radical (unpaired) electrons. The molecular formula is C20H32O2. The molecule has 4 rings (SSSR count). The number of carbonyl (C=O) groups excluding carboxylic acids is 1. The van der Waals surface area contributed by atoms with Gasteiger partial charge in [0.05, 0.1) is 6.10 Å². The van der Waals surface area contributed by atoms with Crippen molar-refractivity contribution in [3.8, 4) is 0 Å². The molecule has 2 unspecified atom stereocenters. The Hall–Kier alpha value is -0.370. The van der Waals surface area contributed by atoms with Crippen molar-refractivity contribution >= 4 is 5.78 Å². The van der Waals surface area contributed by atoms with Gasteiger partial charge in [0, 0.05) is 12.3 Å². The second kappa shape index (κ2) is 4.59. The molecule has 7 atom stereocenters. The second-order valence-corrected chi connectivity index (χ2v) is 9.67. The summed E-state index contributed by atoms with van der Waals surface area (Å²) in [5, 5.41) is 10.6. The standard InChI is InChI=1S/C20H32O2/c1-18-10-4-5-14(21)13(18)8-11-19(2)15-6-7-17(22)20(15,3)12-9-16(18)19/h13,15-17,22H,4-12H2,1-3H3/t13?,15-,16+,17?,18-,19-,20-/m0/s1. The number of ketones is 1. The van der Waals surface area contributed by atoms with Crippen molar-refractivity contribution in [1.82, 2.24) is 0 Å². The number of aliphatic hydroxyl groups excluding tert-OH is 1. The largest absolute Gasteiger partial charge is 0.393 e. The van der Waals surface area contributed by atoms with Gasteiger partial charge < -0.3 is 5.11 Å². The highest BCUT2D eigenvalue weighted by molar-refractivity contribution is 5.82. The molecule has 0 aromatic heterocycles. The predicted octanol–water partition coefficient (Wildman–Crippen LogP) is 4.35. The van der Waals surface area contributed by atoms with E-state index in [9.17, 15) is 9.90 Å². The average Bonchev–Trinajstić information content (AvgIpc) is 2.75. The first-order valence-electron chi connectivity index (χ1n) is 9.53. The fourth-order valence-electron chi connectivity index (χ4n) is 7.82. The number of rotatable bonds is 0. The molecule has 4 aliphatic rings. The van der Waals surface area contributed by atoms with Crippen LogP contribution in [0.4, 0.5) is 0 Å². The molecule has 0 saturated heterocycles. The Morgan fingerprint density at radius 3 is 2.32 bits per heavy atom. The van der Waals surface area contributed by atoms with E-state index in [-0.39, 0.29) is 16.9 Å². The van der Waals surface area contributed by atoms with Crippen molar-refractivity contribution in [1.29, 1.82) is 0 Å². The first-order valence-corrected chi connectivity index (χ1v) is 9.53. The molecule has 4 fully saturated rings. The normalized spacial score (nSPS) is 57.9. The topological polar surface area (TPSA) is 37.3 Å². The average molecular weight is 304 g/mol. The summed E-state index contributed by atoms with van der Waals surface area (Å²) in [7, 11) is 0. The van der Waals surface area contributed by atoms with Crippen LogP contribution in [0.5, 0.6) is 0 Å². The zero-order chi connectivity index (χ0) is 15.8. The van der Waals surface area contributed by atoms with Crippen molar-refractivity contribution < 1.29 is 9.90 Å². The first kappa shape index (κ1) is 15.2. The molecule has 4 saturated carbocycles. The summed E-state index contributed by atoms with van der Waals surface area (Å²) < 4.78 is 0. The number of hydrogen-bond donors (Lipinski definition) is 1. The number of Topliss-reactive ketones (excluding diaryl/α,β-unsaturated/α-hetero) is 1. The van der Waals surface area contributed by atoms with Gasteiger partial charge in [-0.15, -0.1) is 0 Å². The third-order valence-electron chi connectivity index (χ3n) is 8.94. The minimum absolute atomic E-state index is 0.103. The molecule has 0 aromatic carbocycles. The minimum Gasteiger partial charge on any atom is -0.393 e. The van der Waals surface area contributed by atoms with Gasteiger partial charge in [0.25, 0.3) is 0 Å². The van der Waals surface area contributed by atoms with Crippen LogP contribution >= 0.6 is 0 Å². The molecule has 0 heterocycles. The van der Waals surface area contributed by atoms with Gasteiger partial charge in [-0.05, 0) is 79.4 Å². The van der Waals surface area contributed by atoms with Crippen LogP contribution in [-0.2, 0) is 4.79 Å². The van der Waals surface area contributed by atoms with Crippen LogP contribution in [0, 0.1) is 34.0 Å². The molecule has 0 aromatic rings. The Bertz CT molecular complexity index is 500. The number of carbonyl (C=O) groups is 1. The lowest BCUT2D eigenvalue weighted by atomic mass is 9.40. The fourth-order valence-corrected chi connectivity index (χ4v) is 7.82. The van der Waals surface area contributed by atoms with Crippen molar-refractivity contribution in [3.63, 3.8) is 0 Å². The molecule has 4 aliphatic carbocycles. The van der Waals surface area contributed by atoms with Crippen molar-refractivity contribution in [2.75, 3.05) is 0 Å². The van der Waals surface area contributed by atoms with E-state index >= 15 is 0 Å². The van der Waals surface area contributed by atoms with E-state index in [1.807, 2.05) is 0 Å². The quantitative estimate of drug-likeness (QED) is 0.722. The van der Waals surface area contributed by atoms with E-state index in [2.05, 4.69) is 20.8 Å². The van der Waals surface area contributed by atoms with Gasteiger partial charge in [-0.2, -0.15) is 0 Å². The molecule has 22 heavy (non-hydrogen) atoms. The van der Waals surface area contributed by atoms with Gasteiger partial charge >= 0.3 is 0 Å². The van der Waals surface area contributed by atoms with Gasteiger partial charge in [-0.1, -0.05) is 20.8 Å². The monoisotopic (exact) mass is 304 g/mol. The maximum Gasteiger partial charge on any atom is 0.136 e. The number of fused-ring (bicyclic) bond motifs is 5. The molecule has 2 nitrogen and oxygen atoms in total. The summed E-state index contributed by atoms with van der Waals surface area (Å²) in [5.41, 5.74) is 0.706. The summed E-state index contributed by atoms with van der Waals surface area (Å²) in [6, 6.07) is 0. The molecule has 2 heteroatoms. The molecule has 0 bridgehead atoms. The van der Waals surface area contributed by atoms with Crippen LogP contribution in [0.3, 0.4) is 0 Å². The van der Waals surface area contributed by atoms with Gasteiger partial charge in [0.1, 0.15) is 5.78 Å².